The zero-order valence-electron chi connectivity index (χ0n) is 13.5. The molecular formula is C14H23N5O3. The van der Waals surface area contributed by atoms with Crippen LogP contribution in [-0.4, -0.2) is 74.7 Å². The third-order valence-electron chi connectivity index (χ3n) is 3.34. The van der Waals surface area contributed by atoms with Crippen LogP contribution in [0.4, 0.5) is 16.3 Å². The minimum Gasteiger partial charge on any atom is -0.382 e. The lowest BCUT2D eigenvalue weighted by Gasteiger charge is -2.32. The van der Waals surface area contributed by atoms with E-state index in [1.165, 1.54) is 0 Å². The van der Waals surface area contributed by atoms with E-state index in [4.69, 9.17) is 9.47 Å². The number of urea groups is 1. The second-order valence-corrected chi connectivity index (χ2v) is 5.44. The minimum absolute atomic E-state index is 0.0879. The summed E-state index contributed by atoms with van der Waals surface area (Å²) in [5.74, 6) is 0.626. The molecule has 1 aliphatic heterocycles. The number of aromatic nitrogens is 2. The molecule has 0 radical (unpaired) electrons. The van der Waals surface area contributed by atoms with Crippen LogP contribution >= 0.6 is 0 Å². The van der Waals surface area contributed by atoms with Crippen molar-refractivity contribution in [2.45, 2.75) is 13.0 Å². The molecule has 2 heterocycles. The number of carbonyl (C=O) groups excluding carboxylic acids is 1. The highest BCUT2D eigenvalue weighted by Gasteiger charge is 2.25. The lowest BCUT2D eigenvalue weighted by molar-refractivity contribution is -0.0481. The fourth-order valence-corrected chi connectivity index (χ4v) is 2.29. The van der Waals surface area contributed by atoms with Crippen LogP contribution in [0.2, 0.25) is 0 Å². The van der Waals surface area contributed by atoms with Gasteiger partial charge in [0.15, 0.2) is 5.82 Å². The fourth-order valence-electron chi connectivity index (χ4n) is 2.29. The number of methoxy groups -OCH3 is 1. The smallest absolute Gasteiger partial charge is 0.322 e. The molecule has 8 heteroatoms. The van der Waals surface area contributed by atoms with Gasteiger partial charge in [-0.3, -0.25) is 0 Å². The summed E-state index contributed by atoms with van der Waals surface area (Å²) < 4.78 is 10.6. The number of amides is 2. The molecule has 1 unspecified atom stereocenters. The maximum absolute atomic E-state index is 12.5. The van der Waals surface area contributed by atoms with Crippen molar-refractivity contribution >= 4 is 17.5 Å². The number of morpholine rings is 1. The van der Waals surface area contributed by atoms with Crippen molar-refractivity contribution in [3.8, 4) is 0 Å². The highest BCUT2D eigenvalue weighted by Crippen LogP contribution is 2.21. The molecule has 2 amide bonds. The molecule has 1 aromatic rings. The summed E-state index contributed by atoms with van der Waals surface area (Å²) in [6, 6.07) is 1.65. The molecule has 122 valence electrons. The van der Waals surface area contributed by atoms with Crippen molar-refractivity contribution in [2.75, 3.05) is 57.7 Å². The lowest BCUT2D eigenvalue weighted by atomic mass is 10.3. The molecular weight excluding hydrogens is 286 g/mol. The summed E-state index contributed by atoms with van der Waals surface area (Å²) in [7, 11) is 5.34. The number of nitrogens with zero attached hydrogens (tertiary/aromatic N) is 4. The first-order valence-electron chi connectivity index (χ1n) is 7.19. The molecule has 0 bridgehead atoms. The normalized spacial score (nSPS) is 18.2. The standard InChI is InChI=1S/C14H23N5O3/c1-10-7-12(13(17-16-10)18(2)3)15-14(20)19-5-6-22-11(8-19)9-21-4/h7,11H,5-6,8-9H2,1-4H3,(H,15,16,20). The van der Waals surface area contributed by atoms with Gasteiger partial charge in [0, 0.05) is 27.7 Å². The molecule has 1 aliphatic rings. The third-order valence-corrected chi connectivity index (χ3v) is 3.34. The van der Waals surface area contributed by atoms with Crippen LogP contribution in [0.5, 0.6) is 0 Å². The predicted octanol–water partition coefficient (Wildman–Crippen LogP) is 0.730. The molecule has 0 aliphatic carbocycles. The Morgan fingerprint density at radius 3 is 3.00 bits per heavy atom. The number of aryl methyl sites for hydroxylation is 1. The van der Waals surface area contributed by atoms with Gasteiger partial charge in [0.25, 0.3) is 0 Å². The van der Waals surface area contributed by atoms with Gasteiger partial charge in [-0.05, 0) is 13.0 Å². The van der Waals surface area contributed by atoms with Crippen molar-refractivity contribution in [3.05, 3.63) is 11.8 Å². The molecule has 1 N–H and O–H groups in total. The Morgan fingerprint density at radius 2 is 2.32 bits per heavy atom. The van der Waals surface area contributed by atoms with Crippen molar-refractivity contribution in [1.29, 1.82) is 0 Å². The minimum atomic E-state index is -0.167. The van der Waals surface area contributed by atoms with E-state index < -0.39 is 0 Å². The molecule has 1 atom stereocenters. The summed E-state index contributed by atoms with van der Waals surface area (Å²) in [5.41, 5.74) is 1.40. The first-order valence-corrected chi connectivity index (χ1v) is 7.19. The van der Waals surface area contributed by atoms with E-state index in [2.05, 4.69) is 15.5 Å². The number of rotatable bonds is 4. The maximum Gasteiger partial charge on any atom is 0.322 e. The first-order chi connectivity index (χ1) is 10.5. The van der Waals surface area contributed by atoms with E-state index in [-0.39, 0.29) is 12.1 Å². The topological polar surface area (TPSA) is 79.8 Å². The Bertz CT molecular complexity index is 521. The average molecular weight is 309 g/mol. The van der Waals surface area contributed by atoms with E-state index in [1.807, 2.05) is 32.0 Å². The van der Waals surface area contributed by atoms with Crippen LogP contribution in [0.1, 0.15) is 5.69 Å². The second kappa shape index (κ2) is 7.37. The van der Waals surface area contributed by atoms with Crippen LogP contribution in [0.15, 0.2) is 6.07 Å². The number of nitrogens with one attached hydrogen (secondary N) is 1. The van der Waals surface area contributed by atoms with Crippen molar-refractivity contribution < 1.29 is 14.3 Å². The van der Waals surface area contributed by atoms with Gasteiger partial charge < -0.3 is 24.6 Å². The summed E-state index contributed by atoms with van der Waals surface area (Å²) in [4.78, 5) is 16.0. The molecule has 8 nitrogen and oxygen atoms in total. The molecule has 0 saturated carbocycles. The van der Waals surface area contributed by atoms with Gasteiger partial charge in [-0.1, -0.05) is 0 Å². The molecule has 0 aromatic carbocycles. The Morgan fingerprint density at radius 1 is 1.55 bits per heavy atom. The summed E-state index contributed by atoms with van der Waals surface area (Å²) in [5, 5.41) is 11.1. The number of hydrogen-bond donors (Lipinski definition) is 1. The van der Waals surface area contributed by atoms with E-state index in [1.54, 1.807) is 12.0 Å². The summed E-state index contributed by atoms with van der Waals surface area (Å²) >= 11 is 0. The molecule has 0 spiro atoms. The highest BCUT2D eigenvalue weighted by atomic mass is 16.5. The largest absolute Gasteiger partial charge is 0.382 e. The zero-order valence-corrected chi connectivity index (χ0v) is 13.5. The molecule has 2 rings (SSSR count). The SMILES string of the molecule is COCC1CN(C(=O)Nc2cc(C)nnc2N(C)C)CCO1. The van der Waals surface area contributed by atoms with Crippen molar-refractivity contribution in [3.63, 3.8) is 0 Å². The molecule has 1 aromatic heterocycles. The number of hydrogen-bond acceptors (Lipinski definition) is 6. The van der Waals surface area contributed by atoms with E-state index in [0.29, 0.717) is 37.8 Å². The number of anilines is 2. The molecule has 1 saturated heterocycles. The number of ether oxygens (including phenoxy) is 2. The fraction of sp³-hybridized carbons (Fsp3) is 0.643. The van der Waals surface area contributed by atoms with Gasteiger partial charge in [0.2, 0.25) is 0 Å². The Balaban J connectivity index is 2.07. The van der Waals surface area contributed by atoms with Crippen molar-refractivity contribution in [2.24, 2.45) is 0 Å². The van der Waals surface area contributed by atoms with Crippen LogP contribution in [0, 0.1) is 6.92 Å². The van der Waals surface area contributed by atoms with E-state index in [9.17, 15) is 4.79 Å². The third kappa shape index (κ3) is 4.05. The van der Waals surface area contributed by atoms with Crippen LogP contribution in [0.3, 0.4) is 0 Å². The van der Waals surface area contributed by atoms with Crippen molar-refractivity contribution in [1.82, 2.24) is 15.1 Å². The average Bonchev–Trinajstić information content (AvgIpc) is 2.47. The van der Waals surface area contributed by atoms with E-state index in [0.717, 1.165) is 5.69 Å². The van der Waals surface area contributed by atoms with Crippen LogP contribution in [0.25, 0.3) is 0 Å². The first kappa shape index (κ1) is 16.4. The Hall–Kier alpha value is -1.93. The quantitative estimate of drug-likeness (QED) is 0.883. The van der Waals surface area contributed by atoms with E-state index >= 15 is 0 Å². The maximum atomic E-state index is 12.5. The predicted molar refractivity (Wildman–Crippen MR) is 83.3 cm³/mol. The second-order valence-electron chi connectivity index (χ2n) is 5.44. The zero-order chi connectivity index (χ0) is 16.1. The Kier molecular flexibility index (Phi) is 5.51. The van der Waals surface area contributed by atoms with Crippen LogP contribution in [-0.2, 0) is 9.47 Å². The van der Waals surface area contributed by atoms with Gasteiger partial charge in [-0.15, -0.1) is 5.10 Å². The monoisotopic (exact) mass is 309 g/mol. The van der Waals surface area contributed by atoms with Gasteiger partial charge in [0.05, 0.1) is 37.2 Å². The molecule has 1 fully saturated rings. The van der Waals surface area contributed by atoms with Gasteiger partial charge >= 0.3 is 6.03 Å². The number of carbonyl (C=O) groups is 1. The molecule has 22 heavy (non-hydrogen) atoms. The summed E-state index contributed by atoms with van der Waals surface area (Å²) in [6.07, 6.45) is -0.0879. The van der Waals surface area contributed by atoms with Gasteiger partial charge in [-0.25, -0.2) is 4.79 Å². The summed E-state index contributed by atoms with van der Waals surface area (Å²) in [6.45, 7) is 3.89. The Labute approximate surface area is 130 Å². The van der Waals surface area contributed by atoms with Gasteiger partial charge in [-0.2, -0.15) is 5.10 Å². The lowest BCUT2D eigenvalue weighted by Crippen LogP contribution is -2.48. The van der Waals surface area contributed by atoms with Crippen LogP contribution < -0.4 is 10.2 Å². The highest BCUT2D eigenvalue weighted by molar-refractivity contribution is 5.92. The van der Waals surface area contributed by atoms with Gasteiger partial charge in [0.1, 0.15) is 0 Å².